The second-order valence-electron chi connectivity index (χ2n) is 3.23. The summed E-state index contributed by atoms with van der Waals surface area (Å²) in [4.78, 5) is 0. The Bertz CT molecular complexity index is 383. The zero-order valence-electron chi connectivity index (χ0n) is 8.61. The Morgan fingerprint density at radius 1 is 0.875 bits per heavy atom. The normalized spacial score (nSPS) is 14.9. The number of aliphatic hydroxyl groups is 3. The topological polar surface area (TPSA) is 129 Å². The summed E-state index contributed by atoms with van der Waals surface area (Å²) >= 11 is 0. The summed E-state index contributed by atoms with van der Waals surface area (Å²) in [5.74, 6) is -1.88. The van der Waals surface area contributed by atoms with Crippen molar-refractivity contribution >= 4 is 19.7 Å². The van der Waals surface area contributed by atoms with Crippen molar-refractivity contribution in [1.29, 1.82) is 0 Å². The first kappa shape index (κ1) is 15.8. The molecule has 0 saturated carbocycles. The maximum absolute atomic E-state index is 11.4. The van der Waals surface area contributed by atoms with Gasteiger partial charge >= 0.3 is 0 Å². The fourth-order valence-electron chi connectivity index (χ4n) is 1.07. The van der Waals surface area contributed by atoms with Gasteiger partial charge in [-0.3, -0.25) is 0 Å². The summed E-state index contributed by atoms with van der Waals surface area (Å²) in [6.07, 6.45) is 0. The van der Waals surface area contributed by atoms with Crippen LogP contribution in [0.15, 0.2) is 0 Å². The molecule has 0 aliphatic carbocycles. The molecular weight excluding hydrogens is 260 g/mol. The minimum atomic E-state index is -3.83. The number of sulfone groups is 2. The van der Waals surface area contributed by atoms with Gasteiger partial charge in [-0.1, -0.05) is 0 Å². The van der Waals surface area contributed by atoms with E-state index in [2.05, 4.69) is 0 Å². The minimum Gasteiger partial charge on any atom is -0.395 e. The minimum absolute atomic E-state index is 0.544. The molecule has 0 rings (SSSR count). The van der Waals surface area contributed by atoms with Gasteiger partial charge in [-0.2, -0.15) is 0 Å². The fraction of sp³-hybridized carbons (Fsp3) is 1.00. The predicted octanol–water partition coefficient (Wildman–Crippen LogP) is -2.84. The molecule has 0 amide bonds. The van der Waals surface area contributed by atoms with Gasteiger partial charge in [0, 0.05) is 0 Å². The summed E-state index contributed by atoms with van der Waals surface area (Å²) in [7, 11) is -7.55. The molecule has 98 valence electrons. The zero-order valence-corrected chi connectivity index (χ0v) is 10.2. The third-order valence-corrected chi connectivity index (χ3v) is 5.94. The highest BCUT2D eigenvalue weighted by Crippen LogP contribution is 2.06. The van der Waals surface area contributed by atoms with Gasteiger partial charge in [0.15, 0.2) is 19.7 Å². The fourth-order valence-corrected chi connectivity index (χ4v) is 4.45. The molecule has 0 bridgehead atoms. The molecule has 0 heterocycles. The summed E-state index contributed by atoms with van der Waals surface area (Å²) in [6.45, 7) is -2.05. The molecule has 16 heavy (non-hydrogen) atoms. The quantitative estimate of drug-likeness (QED) is 0.435. The standard InChI is InChI=1S/C7H16O7S2/c8-1-3-15(11,12)6-7(5-10)16(13,14)4-2-9/h7-10H,1-6H2. The molecule has 0 aromatic heterocycles. The Kier molecular flexibility index (Phi) is 6.41. The molecule has 1 unspecified atom stereocenters. The number of hydrogen-bond donors (Lipinski definition) is 3. The summed E-state index contributed by atoms with van der Waals surface area (Å²) in [5.41, 5.74) is 0. The Hall–Kier alpha value is -0.220. The molecule has 1 atom stereocenters. The molecule has 0 saturated heterocycles. The molecule has 0 aliphatic rings. The van der Waals surface area contributed by atoms with Crippen molar-refractivity contribution < 1.29 is 32.2 Å². The lowest BCUT2D eigenvalue weighted by atomic mass is 10.5. The van der Waals surface area contributed by atoms with Crippen LogP contribution in [0.3, 0.4) is 0 Å². The highest BCUT2D eigenvalue weighted by molar-refractivity contribution is 7.95. The van der Waals surface area contributed by atoms with E-state index in [0.29, 0.717) is 0 Å². The van der Waals surface area contributed by atoms with E-state index in [4.69, 9.17) is 15.3 Å². The summed E-state index contributed by atoms with van der Waals surface area (Å²) < 4.78 is 45.3. The van der Waals surface area contributed by atoms with E-state index in [1.54, 1.807) is 0 Å². The van der Waals surface area contributed by atoms with E-state index in [1.807, 2.05) is 0 Å². The Labute approximate surface area is 94.6 Å². The molecular formula is C7H16O7S2. The van der Waals surface area contributed by atoms with Crippen molar-refractivity contribution in [1.82, 2.24) is 0 Å². The molecule has 0 radical (unpaired) electrons. The van der Waals surface area contributed by atoms with Crippen LogP contribution >= 0.6 is 0 Å². The molecule has 9 heteroatoms. The van der Waals surface area contributed by atoms with E-state index in [9.17, 15) is 16.8 Å². The average molecular weight is 276 g/mol. The highest BCUT2D eigenvalue weighted by Gasteiger charge is 2.29. The van der Waals surface area contributed by atoms with Crippen LogP contribution in [-0.4, -0.2) is 74.5 Å². The van der Waals surface area contributed by atoms with Gasteiger partial charge in [0.1, 0.15) is 0 Å². The number of rotatable bonds is 8. The van der Waals surface area contributed by atoms with Crippen molar-refractivity contribution in [3.8, 4) is 0 Å². The highest BCUT2D eigenvalue weighted by atomic mass is 32.2. The van der Waals surface area contributed by atoms with Gasteiger partial charge in [0.2, 0.25) is 0 Å². The van der Waals surface area contributed by atoms with Gasteiger partial charge in [0.25, 0.3) is 0 Å². The largest absolute Gasteiger partial charge is 0.395 e. The second-order valence-corrected chi connectivity index (χ2v) is 7.86. The number of aliphatic hydroxyl groups excluding tert-OH is 3. The Balaban J connectivity index is 4.78. The summed E-state index contributed by atoms with van der Waals surface area (Å²) in [5, 5.41) is 24.3. The van der Waals surface area contributed by atoms with Gasteiger partial charge in [0.05, 0.1) is 42.3 Å². The van der Waals surface area contributed by atoms with Crippen molar-refractivity contribution in [2.24, 2.45) is 0 Å². The first-order valence-corrected chi connectivity index (χ1v) is 8.07. The molecule has 0 aromatic rings. The van der Waals surface area contributed by atoms with Crippen molar-refractivity contribution in [3.63, 3.8) is 0 Å². The van der Waals surface area contributed by atoms with E-state index >= 15 is 0 Å². The van der Waals surface area contributed by atoms with Crippen LogP contribution in [0.5, 0.6) is 0 Å². The molecule has 0 spiro atoms. The third kappa shape index (κ3) is 5.21. The van der Waals surface area contributed by atoms with Gasteiger partial charge in [-0.15, -0.1) is 0 Å². The van der Waals surface area contributed by atoms with Crippen LogP contribution in [0.4, 0.5) is 0 Å². The van der Waals surface area contributed by atoms with E-state index < -0.39 is 62.0 Å². The maximum Gasteiger partial charge on any atom is 0.158 e. The van der Waals surface area contributed by atoms with Crippen molar-refractivity contribution in [2.75, 3.05) is 37.1 Å². The van der Waals surface area contributed by atoms with Crippen LogP contribution in [0.25, 0.3) is 0 Å². The van der Waals surface area contributed by atoms with Crippen molar-refractivity contribution in [2.45, 2.75) is 5.25 Å². The molecule has 7 nitrogen and oxygen atoms in total. The van der Waals surface area contributed by atoms with Crippen LogP contribution in [0.2, 0.25) is 0 Å². The zero-order chi connectivity index (χ0) is 12.8. The number of hydrogen-bond acceptors (Lipinski definition) is 7. The summed E-state index contributed by atoms with van der Waals surface area (Å²) in [6, 6.07) is 0. The van der Waals surface area contributed by atoms with Crippen LogP contribution < -0.4 is 0 Å². The molecule has 3 N–H and O–H groups in total. The monoisotopic (exact) mass is 276 g/mol. The van der Waals surface area contributed by atoms with Crippen LogP contribution in [0, 0.1) is 0 Å². The lowest BCUT2D eigenvalue weighted by Crippen LogP contribution is -2.36. The lowest BCUT2D eigenvalue weighted by Gasteiger charge is -2.14. The molecule has 0 aromatic carbocycles. The van der Waals surface area contributed by atoms with Crippen molar-refractivity contribution in [3.05, 3.63) is 0 Å². The Morgan fingerprint density at radius 2 is 1.38 bits per heavy atom. The predicted molar refractivity (Wildman–Crippen MR) is 57.5 cm³/mol. The molecule has 0 aliphatic heterocycles. The third-order valence-electron chi connectivity index (χ3n) is 1.93. The second kappa shape index (κ2) is 6.50. The SMILES string of the molecule is O=S(=O)(CCO)CC(CO)S(=O)(=O)CCO. The van der Waals surface area contributed by atoms with E-state index in [0.717, 1.165) is 0 Å². The van der Waals surface area contributed by atoms with E-state index in [-0.39, 0.29) is 0 Å². The first-order valence-electron chi connectivity index (χ1n) is 4.53. The van der Waals surface area contributed by atoms with Gasteiger partial charge < -0.3 is 15.3 Å². The van der Waals surface area contributed by atoms with E-state index in [1.165, 1.54) is 0 Å². The Morgan fingerprint density at radius 3 is 1.75 bits per heavy atom. The molecule has 0 fully saturated rings. The first-order chi connectivity index (χ1) is 7.29. The average Bonchev–Trinajstić information content (AvgIpc) is 2.13. The van der Waals surface area contributed by atoms with Crippen LogP contribution in [0.1, 0.15) is 0 Å². The maximum atomic E-state index is 11.4. The van der Waals surface area contributed by atoms with Gasteiger partial charge in [-0.05, 0) is 0 Å². The smallest absolute Gasteiger partial charge is 0.158 e. The lowest BCUT2D eigenvalue weighted by molar-refractivity contribution is 0.292. The van der Waals surface area contributed by atoms with Crippen LogP contribution in [-0.2, 0) is 19.7 Å². The van der Waals surface area contributed by atoms with Gasteiger partial charge in [-0.25, -0.2) is 16.8 Å².